The number of carboxylic acids is 1. The lowest BCUT2D eigenvalue weighted by Crippen LogP contribution is -2.51. The first-order valence-electron chi connectivity index (χ1n) is 7.60. The number of carbonyl (C=O) groups is 2. The number of hydrogen-bond donors (Lipinski definition) is 2. The van der Waals surface area contributed by atoms with Crippen LogP contribution in [0.5, 0.6) is 0 Å². The molecule has 1 heterocycles. The summed E-state index contributed by atoms with van der Waals surface area (Å²) in [6, 6.07) is 4.13. The molecule has 1 aromatic carbocycles. The van der Waals surface area contributed by atoms with Crippen LogP contribution in [0.25, 0.3) is 10.9 Å². The van der Waals surface area contributed by atoms with Gasteiger partial charge in [-0.3, -0.25) is 9.59 Å². The number of rotatable bonds is 7. The molecule has 2 aromatic rings. The van der Waals surface area contributed by atoms with E-state index in [0.29, 0.717) is 11.3 Å². The van der Waals surface area contributed by atoms with Gasteiger partial charge >= 0.3 is 5.69 Å². The summed E-state index contributed by atoms with van der Waals surface area (Å²) in [5, 5.41) is 13.4. The molecule has 0 bridgehead atoms. The maximum atomic E-state index is 12.7. The number of hydrogen-bond acceptors (Lipinski definition) is 6. The minimum Gasteiger partial charge on any atom is -0.548 e. The number of H-pyrrole nitrogens is 1. The third-order valence-electron chi connectivity index (χ3n) is 3.76. The van der Waals surface area contributed by atoms with Crippen LogP contribution in [0.2, 0.25) is 0 Å². The molecule has 0 unspecified atom stereocenters. The van der Waals surface area contributed by atoms with E-state index < -0.39 is 35.2 Å². The molecule has 0 saturated heterocycles. The highest BCUT2D eigenvalue weighted by molar-refractivity contribution is 7.98. The quantitative estimate of drug-likeness (QED) is 0.665. The zero-order valence-electron chi connectivity index (χ0n) is 13.8. The van der Waals surface area contributed by atoms with Gasteiger partial charge in [-0.05, 0) is 37.5 Å². The predicted octanol–water partition coefficient (Wildman–Crippen LogP) is -0.761. The Kier molecular flexibility index (Phi) is 6.02. The number of aliphatic carboxylic acids is 1. The minimum absolute atomic E-state index is 0.202. The number of fused-ring (bicyclic) bond motifs is 1. The van der Waals surface area contributed by atoms with Gasteiger partial charge in [-0.15, -0.1) is 0 Å². The maximum Gasteiger partial charge on any atom is 0.329 e. The van der Waals surface area contributed by atoms with Crippen molar-refractivity contribution < 1.29 is 14.7 Å². The van der Waals surface area contributed by atoms with E-state index in [2.05, 4.69) is 10.3 Å². The van der Waals surface area contributed by atoms with E-state index in [1.54, 1.807) is 24.3 Å². The first-order chi connectivity index (χ1) is 11.9. The number of aromatic amines is 1. The monoisotopic (exact) mass is 364 g/mol. The molecule has 0 radical (unpaired) electrons. The van der Waals surface area contributed by atoms with Crippen LogP contribution in [-0.2, 0) is 9.59 Å². The van der Waals surface area contributed by atoms with Gasteiger partial charge in [-0.2, -0.15) is 11.8 Å². The van der Waals surface area contributed by atoms with Gasteiger partial charge < -0.3 is 20.2 Å². The molecule has 0 saturated carbocycles. The zero-order valence-corrected chi connectivity index (χ0v) is 14.6. The lowest BCUT2D eigenvalue weighted by atomic mass is 10.1. The van der Waals surface area contributed by atoms with E-state index in [1.807, 2.05) is 6.26 Å². The number of amides is 1. The molecule has 2 rings (SSSR count). The molecule has 0 fully saturated rings. The third kappa shape index (κ3) is 4.11. The molecule has 25 heavy (non-hydrogen) atoms. The highest BCUT2D eigenvalue weighted by Gasteiger charge is 2.25. The van der Waals surface area contributed by atoms with Crippen LogP contribution < -0.4 is 21.7 Å². The molecule has 2 N–H and O–H groups in total. The van der Waals surface area contributed by atoms with E-state index in [9.17, 15) is 24.3 Å². The predicted molar refractivity (Wildman–Crippen MR) is 93.5 cm³/mol. The molecule has 9 heteroatoms. The summed E-state index contributed by atoms with van der Waals surface area (Å²) in [6.07, 6.45) is 2.03. The molecule has 1 amide bonds. The Morgan fingerprint density at radius 1 is 1.32 bits per heavy atom. The van der Waals surface area contributed by atoms with Crippen molar-refractivity contribution in [2.24, 2.45) is 0 Å². The number of carbonyl (C=O) groups excluding carboxylic acids is 2. The summed E-state index contributed by atoms with van der Waals surface area (Å²) in [5.74, 6) is -1.65. The van der Waals surface area contributed by atoms with Crippen molar-refractivity contribution in [2.45, 2.75) is 25.4 Å². The number of carboxylic acid groups (broad SMARTS) is 1. The number of benzene rings is 1. The summed E-state index contributed by atoms with van der Waals surface area (Å²) in [4.78, 5) is 51.0. The Balaban J connectivity index is 2.53. The average Bonchev–Trinajstić information content (AvgIpc) is 2.57. The van der Waals surface area contributed by atoms with Gasteiger partial charge in [0, 0.05) is 0 Å². The maximum absolute atomic E-state index is 12.7. The largest absolute Gasteiger partial charge is 0.548 e. The van der Waals surface area contributed by atoms with Crippen LogP contribution in [0.4, 0.5) is 0 Å². The second-order valence-electron chi connectivity index (χ2n) is 5.50. The van der Waals surface area contributed by atoms with Gasteiger partial charge in [-0.1, -0.05) is 12.1 Å². The van der Waals surface area contributed by atoms with Gasteiger partial charge in [0.05, 0.1) is 22.9 Å². The summed E-state index contributed by atoms with van der Waals surface area (Å²) in [5.41, 5.74) is -0.936. The van der Waals surface area contributed by atoms with Gasteiger partial charge in [0.25, 0.3) is 5.56 Å². The average molecular weight is 364 g/mol. The van der Waals surface area contributed by atoms with Crippen LogP contribution >= 0.6 is 11.8 Å². The molecule has 0 aliphatic carbocycles. The number of aromatic nitrogens is 2. The second-order valence-corrected chi connectivity index (χ2v) is 6.48. The highest BCUT2D eigenvalue weighted by atomic mass is 32.2. The fourth-order valence-corrected chi connectivity index (χ4v) is 2.89. The Bertz CT molecular complexity index is 905. The molecule has 134 valence electrons. The minimum atomic E-state index is -1.45. The van der Waals surface area contributed by atoms with E-state index >= 15 is 0 Å². The van der Waals surface area contributed by atoms with Gasteiger partial charge in [0.2, 0.25) is 5.91 Å². The molecule has 2 atom stereocenters. The number of para-hydroxylation sites is 1. The van der Waals surface area contributed by atoms with Gasteiger partial charge in [-0.25, -0.2) is 9.36 Å². The van der Waals surface area contributed by atoms with Gasteiger partial charge in [0.1, 0.15) is 6.04 Å². The normalized spacial score (nSPS) is 13.4. The van der Waals surface area contributed by atoms with Crippen molar-refractivity contribution in [3.63, 3.8) is 0 Å². The van der Waals surface area contributed by atoms with Crippen LogP contribution in [-0.4, -0.2) is 39.5 Å². The lowest BCUT2D eigenvalue weighted by molar-refractivity contribution is -0.307. The number of thioether (sulfide) groups is 1. The van der Waals surface area contributed by atoms with Crippen molar-refractivity contribution in [1.29, 1.82) is 0 Å². The molecule has 8 nitrogen and oxygen atoms in total. The fraction of sp³-hybridized carbons (Fsp3) is 0.375. The second kappa shape index (κ2) is 8.02. The Labute approximate surface area is 147 Å². The smallest absolute Gasteiger partial charge is 0.329 e. The topological polar surface area (TPSA) is 124 Å². The summed E-state index contributed by atoms with van der Waals surface area (Å²) >= 11 is 1.45. The summed E-state index contributed by atoms with van der Waals surface area (Å²) in [7, 11) is 0. The van der Waals surface area contributed by atoms with Crippen molar-refractivity contribution in [3.05, 3.63) is 45.1 Å². The van der Waals surface area contributed by atoms with E-state index in [4.69, 9.17) is 0 Å². The van der Waals surface area contributed by atoms with Crippen molar-refractivity contribution in [3.8, 4) is 0 Å². The third-order valence-corrected chi connectivity index (χ3v) is 4.40. The van der Waals surface area contributed by atoms with E-state index in [1.165, 1.54) is 18.7 Å². The SMILES string of the molecule is CSCC[C@@H](C(=O)N[C@@H](C)C(=O)[O-])n1c(=O)[nH]c2ccccc2c1=O. The van der Waals surface area contributed by atoms with Crippen molar-refractivity contribution in [2.75, 3.05) is 12.0 Å². The first kappa shape index (κ1) is 18.8. The number of nitrogens with zero attached hydrogens (tertiary/aromatic N) is 1. The molecule has 0 aliphatic rings. The number of nitrogens with one attached hydrogen (secondary N) is 2. The first-order valence-corrected chi connectivity index (χ1v) is 9.00. The van der Waals surface area contributed by atoms with Crippen LogP contribution in [0.1, 0.15) is 19.4 Å². The van der Waals surface area contributed by atoms with Crippen LogP contribution in [0.3, 0.4) is 0 Å². The Morgan fingerprint density at radius 2 is 2.00 bits per heavy atom. The molecular weight excluding hydrogens is 346 g/mol. The Morgan fingerprint density at radius 3 is 2.64 bits per heavy atom. The molecule has 0 spiro atoms. The fourth-order valence-electron chi connectivity index (χ4n) is 2.43. The van der Waals surface area contributed by atoms with Crippen LogP contribution in [0.15, 0.2) is 33.9 Å². The summed E-state index contributed by atoms with van der Waals surface area (Å²) < 4.78 is 0.843. The van der Waals surface area contributed by atoms with E-state index in [-0.39, 0.29) is 11.8 Å². The summed E-state index contributed by atoms with van der Waals surface area (Å²) in [6.45, 7) is 1.26. The van der Waals surface area contributed by atoms with Crippen molar-refractivity contribution >= 4 is 34.5 Å². The zero-order chi connectivity index (χ0) is 18.6. The lowest BCUT2D eigenvalue weighted by Gasteiger charge is -2.22. The molecule has 0 aliphatic heterocycles. The van der Waals surface area contributed by atoms with Crippen molar-refractivity contribution in [1.82, 2.24) is 14.9 Å². The van der Waals surface area contributed by atoms with Gasteiger partial charge in [0.15, 0.2) is 0 Å². The molecule has 1 aromatic heterocycles. The van der Waals surface area contributed by atoms with E-state index in [0.717, 1.165) is 4.57 Å². The highest BCUT2D eigenvalue weighted by Crippen LogP contribution is 2.13. The standard InChI is InChI=1S/C16H19N3O5S/c1-9(15(22)23)17-13(20)12(7-8-25-2)19-14(21)10-5-3-4-6-11(10)18-16(19)24/h3-6,9,12H,7-8H2,1-2H3,(H,17,20)(H,18,24)(H,22,23)/p-1/t9-,12-/m0/s1. The molecular formula is C16H18N3O5S-. The Hall–Kier alpha value is -2.55. The van der Waals surface area contributed by atoms with Crippen LogP contribution in [0, 0.1) is 0 Å².